The van der Waals surface area contributed by atoms with E-state index in [9.17, 15) is 14.4 Å². The van der Waals surface area contributed by atoms with E-state index in [1.807, 2.05) is 24.3 Å². The molecule has 0 atom stereocenters. The van der Waals surface area contributed by atoms with Gasteiger partial charge in [0.2, 0.25) is 0 Å². The van der Waals surface area contributed by atoms with Crippen molar-refractivity contribution in [2.24, 2.45) is 0 Å². The summed E-state index contributed by atoms with van der Waals surface area (Å²) in [5, 5.41) is 17.9. The average molecular weight is 513 g/mol. The van der Waals surface area contributed by atoms with Crippen LogP contribution in [0.25, 0.3) is 0 Å². The van der Waals surface area contributed by atoms with E-state index in [1.54, 1.807) is 6.07 Å². The van der Waals surface area contributed by atoms with Gasteiger partial charge in [0.05, 0.1) is 25.4 Å². The van der Waals surface area contributed by atoms with Crippen LogP contribution in [0, 0.1) is 0 Å². The Hall–Kier alpha value is -3.55. The predicted octanol–water partition coefficient (Wildman–Crippen LogP) is 5.27. The number of carbonyl (C=O) groups is 3. The molecule has 0 saturated carbocycles. The second-order valence-electron chi connectivity index (χ2n) is 9.22. The summed E-state index contributed by atoms with van der Waals surface area (Å²) in [7, 11) is 0. The molecular weight excluding hydrogens is 476 g/mol. The number of fused-ring (bicyclic) bond motifs is 1. The van der Waals surface area contributed by atoms with Crippen molar-refractivity contribution in [3.8, 4) is 17.2 Å². The Morgan fingerprint density at radius 1 is 0.892 bits per heavy atom. The van der Waals surface area contributed by atoms with Gasteiger partial charge in [0.15, 0.2) is 5.78 Å². The van der Waals surface area contributed by atoms with Crippen LogP contribution in [0.1, 0.15) is 78.9 Å². The first-order valence-electron chi connectivity index (χ1n) is 13.0. The van der Waals surface area contributed by atoms with Gasteiger partial charge in [-0.1, -0.05) is 19.4 Å². The molecule has 3 rings (SSSR count). The van der Waals surface area contributed by atoms with E-state index < -0.39 is 11.9 Å². The maximum absolute atomic E-state index is 12.2. The Kier molecular flexibility index (Phi) is 10.8. The van der Waals surface area contributed by atoms with Crippen molar-refractivity contribution in [1.82, 2.24) is 0 Å². The highest BCUT2D eigenvalue weighted by molar-refractivity contribution is 6.00. The molecule has 0 saturated heterocycles. The third-order valence-corrected chi connectivity index (χ3v) is 6.19. The molecule has 1 aliphatic rings. The summed E-state index contributed by atoms with van der Waals surface area (Å²) < 4.78 is 17.8. The topological polar surface area (TPSA) is 119 Å². The van der Waals surface area contributed by atoms with Crippen molar-refractivity contribution in [1.29, 1.82) is 0 Å². The van der Waals surface area contributed by atoms with Crippen LogP contribution in [0.15, 0.2) is 30.3 Å². The maximum atomic E-state index is 12.2. The molecule has 200 valence electrons. The van der Waals surface area contributed by atoms with Gasteiger partial charge in [-0.2, -0.15) is 0 Å². The standard InChI is InChI=1S/C29H36O8/c1-2-6-24-26(10-9-23-25(30)13-16-37-29(23)24)36-15-5-3-4-14-35-22-18-20(7-11-27(31)32)17-21(19-22)8-12-28(33)34/h9-10,17-19H,2-8,11-16H2,1H3,(H,31,32)(H,33,34). The number of carboxylic acid groups (broad SMARTS) is 2. The molecule has 37 heavy (non-hydrogen) atoms. The van der Waals surface area contributed by atoms with E-state index in [0.717, 1.165) is 54.5 Å². The van der Waals surface area contributed by atoms with Crippen LogP contribution in [0.4, 0.5) is 0 Å². The van der Waals surface area contributed by atoms with Crippen molar-refractivity contribution in [3.05, 3.63) is 52.6 Å². The van der Waals surface area contributed by atoms with E-state index >= 15 is 0 Å². The van der Waals surface area contributed by atoms with Gasteiger partial charge in [-0.15, -0.1) is 0 Å². The maximum Gasteiger partial charge on any atom is 0.303 e. The predicted molar refractivity (Wildman–Crippen MR) is 138 cm³/mol. The largest absolute Gasteiger partial charge is 0.494 e. The number of benzene rings is 2. The first-order chi connectivity index (χ1) is 17.9. The fourth-order valence-electron chi connectivity index (χ4n) is 4.35. The summed E-state index contributed by atoms with van der Waals surface area (Å²) in [6.07, 6.45) is 5.44. The van der Waals surface area contributed by atoms with Crippen LogP contribution in [0.2, 0.25) is 0 Å². The fraction of sp³-hybridized carbons (Fsp3) is 0.483. The molecule has 0 amide bonds. The minimum Gasteiger partial charge on any atom is -0.494 e. The van der Waals surface area contributed by atoms with Crippen molar-refractivity contribution < 1.29 is 38.8 Å². The monoisotopic (exact) mass is 512 g/mol. The van der Waals surface area contributed by atoms with Crippen LogP contribution < -0.4 is 14.2 Å². The Morgan fingerprint density at radius 3 is 2.16 bits per heavy atom. The highest BCUT2D eigenvalue weighted by Crippen LogP contribution is 2.36. The summed E-state index contributed by atoms with van der Waals surface area (Å²) in [6, 6.07) is 9.18. The van der Waals surface area contributed by atoms with Crippen LogP contribution in [-0.4, -0.2) is 47.8 Å². The van der Waals surface area contributed by atoms with Crippen molar-refractivity contribution in [2.45, 2.75) is 71.1 Å². The molecule has 2 aromatic carbocycles. The number of aliphatic carboxylic acids is 2. The molecular formula is C29H36O8. The second-order valence-corrected chi connectivity index (χ2v) is 9.22. The van der Waals surface area contributed by atoms with Crippen LogP contribution in [0.3, 0.4) is 0 Å². The van der Waals surface area contributed by atoms with E-state index in [1.165, 1.54) is 0 Å². The summed E-state index contributed by atoms with van der Waals surface area (Å²) >= 11 is 0. The second kappa shape index (κ2) is 14.3. The van der Waals surface area contributed by atoms with Crippen LogP contribution in [0.5, 0.6) is 17.2 Å². The number of unbranched alkanes of at least 4 members (excludes halogenated alkanes) is 2. The van der Waals surface area contributed by atoms with E-state index in [-0.39, 0.29) is 18.6 Å². The van der Waals surface area contributed by atoms with Gasteiger partial charge < -0.3 is 24.4 Å². The van der Waals surface area contributed by atoms with Gasteiger partial charge in [0, 0.05) is 24.8 Å². The number of aryl methyl sites for hydroxylation is 2. The number of carbonyl (C=O) groups excluding carboxylic acids is 1. The number of ether oxygens (including phenoxy) is 3. The van der Waals surface area contributed by atoms with Crippen LogP contribution >= 0.6 is 0 Å². The number of rotatable bonds is 16. The molecule has 0 aromatic heterocycles. The molecule has 1 heterocycles. The molecule has 0 bridgehead atoms. The number of Topliss-reactive ketones (excluding diaryl/α,β-unsaturated/α-hetero) is 1. The highest BCUT2D eigenvalue weighted by Gasteiger charge is 2.23. The normalized spacial score (nSPS) is 12.5. The zero-order valence-corrected chi connectivity index (χ0v) is 21.4. The first kappa shape index (κ1) is 28.0. The van der Waals surface area contributed by atoms with Gasteiger partial charge in [-0.25, -0.2) is 0 Å². The molecule has 8 nitrogen and oxygen atoms in total. The van der Waals surface area contributed by atoms with Crippen molar-refractivity contribution >= 4 is 17.7 Å². The number of hydrogen-bond acceptors (Lipinski definition) is 6. The minimum absolute atomic E-state index is 0.00838. The number of carboxylic acids is 2. The third-order valence-electron chi connectivity index (χ3n) is 6.19. The molecule has 8 heteroatoms. The fourth-order valence-corrected chi connectivity index (χ4v) is 4.35. The average Bonchev–Trinajstić information content (AvgIpc) is 2.87. The van der Waals surface area contributed by atoms with E-state index in [4.69, 9.17) is 24.4 Å². The third kappa shape index (κ3) is 8.81. The zero-order chi connectivity index (χ0) is 26.6. The molecule has 0 spiro atoms. The van der Waals surface area contributed by atoms with Gasteiger partial charge in [0.1, 0.15) is 17.2 Å². The molecule has 2 aromatic rings. The summed E-state index contributed by atoms with van der Waals surface area (Å²) in [5.41, 5.74) is 3.27. The molecule has 0 aliphatic carbocycles. The van der Waals surface area contributed by atoms with Gasteiger partial charge in [-0.3, -0.25) is 14.4 Å². The molecule has 0 unspecified atom stereocenters. The molecule has 1 aliphatic heterocycles. The van der Waals surface area contributed by atoms with Gasteiger partial charge >= 0.3 is 11.9 Å². The van der Waals surface area contributed by atoms with Crippen molar-refractivity contribution in [2.75, 3.05) is 19.8 Å². The molecule has 0 fully saturated rings. The SMILES string of the molecule is CCCc1c(OCCCCCOc2cc(CCC(=O)O)cc(CCC(=O)O)c2)ccc2c1OCCC2=O. The summed E-state index contributed by atoms with van der Waals surface area (Å²) in [4.78, 5) is 34.1. The first-order valence-corrected chi connectivity index (χ1v) is 13.0. The number of ketones is 1. The van der Waals surface area contributed by atoms with Gasteiger partial charge in [-0.05, 0) is 73.9 Å². The number of hydrogen-bond donors (Lipinski definition) is 2. The Bertz CT molecular complexity index is 1060. The Labute approximate surface area is 217 Å². The highest BCUT2D eigenvalue weighted by atomic mass is 16.5. The lowest BCUT2D eigenvalue weighted by atomic mass is 9.98. The Balaban J connectivity index is 1.47. The minimum atomic E-state index is -0.876. The summed E-state index contributed by atoms with van der Waals surface area (Å²) in [6.45, 7) is 3.55. The Morgan fingerprint density at radius 2 is 1.54 bits per heavy atom. The van der Waals surface area contributed by atoms with Crippen molar-refractivity contribution in [3.63, 3.8) is 0 Å². The lowest BCUT2D eigenvalue weighted by Gasteiger charge is -2.22. The lowest BCUT2D eigenvalue weighted by molar-refractivity contribution is -0.137. The molecule has 0 radical (unpaired) electrons. The zero-order valence-electron chi connectivity index (χ0n) is 21.4. The van der Waals surface area contributed by atoms with E-state index in [0.29, 0.717) is 56.1 Å². The smallest absolute Gasteiger partial charge is 0.303 e. The summed E-state index contributed by atoms with van der Waals surface area (Å²) in [5.74, 6) is 0.451. The van der Waals surface area contributed by atoms with Gasteiger partial charge in [0.25, 0.3) is 0 Å². The molecule has 2 N–H and O–H groups in total. The lowest BCUT2D eigenvalue weighted by Crippen LogP contribution is -2.17. The van der Waals surface area contributed by atoms with E-state index in [2.05, 4.69) is 6.92 Å². The van der Waals surface area contributed by atoms with Crippen LogP contribution in [-0.2, 0) is 28.9 Å². The quantitative estimate of drug-likeness (QED) is 0.292.